The van der Waals surface area contributed by atoms with E-state index in [2.05, 4.69) is 5.32 Å². The predicted molar refractivity (Wildman–Crippen MR) is 114 cm³/mol. The zero-order chi connectivity index (χ0) is 23.7. The van der Waals surface area contributed by atoms with Crippen LogP contribution in [0.3, 0.4) is 0 Å². The van der Waals surface area contributed by atoms with Gasteiger partial charge in [-0.05, 0) is 37.6 Å². The Kier molecular flexibility index (Phi) is 10.7. The van der Waals surface area contributed by atoms with Crippen molar-refractivity contribution in [2.24, 2.45) is 0 Å². The largest absolute Gasteiger partial charge is 0.449 e. The van der Waals surface area contributed by atoms with Gasteiger partial charge in [0.1, 0.15) is 6.61 Å². The van der Waals surface area contributed by atoms with E-state index < -0.39 is 27.5 Å². The van der Waals surface area contributed by atoms with Crippen LogP contribution in [0.1, 0.15) is 12.5 Å². The molecule has 176 valence electrons. The molecule has 0 unspecified atom stereocenters. The topological polar surface area (TPSA) is 139 Å². The van der Waals surface area contributed by atoms with Gasteiger partial charge in [0.2, 0.25) is 0 Å². The van der Waals surface area contributed by atoms with Crippen molar-refractivity contribution < 1.29 is 46.3 Å². The number of carbonyl (C=O) groups is 2. The minimum atomic E-state index is -4.00. The van der Waals surface area contributed by atoms with Gasteiger partial charge in [0, 0.05) is 34.1 Å². The number of hydrogen-bond acceptors (Lipinski definition) is 10. The van der Waals surface area contributed by atoms with Crippen LogP contribution >= 0.6 is 15.3 Å². The zero-order valence-electron chi connectivity index (χ0n) is 18.3. The summed E-state index contributed by atoms with van der Waals surface area (Å²) >= 11 is 0. The molecule has 0 atom stereocenters. The molecule has 0 aliphatic carbocycles. The quantitative estimate of drug-likeness (QED) is 0.452. The molecule has 0 heterocycles. The number of benzene rings is 1. The van der Waals surface area contributed by atoms with E-state index in [4.69, 9.17) is 27.6 Å². The third kappa shape index (κ3) is 7.31. The van der Waals surface area contributed by atoms with E-state index in [1.165, 1.54) is 32.4 Å². The van der Waals surface area contributed by atoms with Crippen LogP contribution in [0.15, 0.2) is 18.2 Å². The van der Waals surface area contributed by atoms with E-state index in [-0.39, 0.29) is 25.1 Å². The van der Waals surface area contributed by atoms with Crippen LogP contribution in [-0.4, -0.2) is 60.0 Å². The first-order chi connectivity index (χ1) is 14.6. The predicted octanol–water partition coefficient (Wildman–Crippen LogP) is 4.39. The van der Waals surface area contributed by atoms with Crippen molar-refractivity contribution in [1.29, 1.82) is 0 Å². The van der Waals surface area contributed by atoms with Gasteiger partial charge in [0.15, 0.2) is 0 Å². The number of rotatable bonds is 11. The number of nitrogens with one attached hydrogen (secondary N) is 1. The SMILES string of the molecule is CCOC(=O)N(c1ccc(NC(=O)OCCP(=O)(OC)OC)c(C)c1)P(=O)(OC)OC. The van der Waals surface area contributed by atoms with Gasteiger partial charge in [0.05, 0.1) is 18.5 Å². The Morgan fingerprint density at radius 1 is 1.00 bits per heavy atom. The minimum Gasteiger partial charge on any atom is -0.449 e. The van der Waals surface area contributed by atoms with Crippen LogP contribution in [0.4, 0.5) is 21.0 Å². The molecule has 0 spiro atoms. The molecule has 1 rings (SSSR count). The van der Waals surface area contributed by atoms with Gasteiger partial charge in [-0.15, -0.1) is 0 Å². The lowest BCUT2D eigenvalue weighted by molar-refractivity contribution is 0.160. The highest BCUT2D eigenvalue weighted by Gasteiger charge is 2.38. The van der Waals surface area contributed by atoms with E-state index in [0.717, 1.165) is 18.9 Å². The van der Waals surface area contributed by atoms with E-state index in [9.17, 15) is 18.7 Å². The lowest BCUT2D eigenvalue weighted by Crippen LogP contribution is -2.30. The van der Waals surface area contributed by atoms with Gasteiger partial charge in [0.25, 0.3) is 0 Å². The molecule has 0 bridgehead atoms. The molecular weight excluding hydrogens is 454 g/mol. The fourth-order valence-electron chi connectivity index (χ4n) is 2.34. The number of ether oxygens (including phenoxy) is 2. The second-order valence-corrected chi connectivity index (χ2v) is 10.3. The summed E-state index contributed by atoms with van der Waals surface area (Å²) in [5.41, 5.74) is 1.05. The van der Waals surface area contributed by atoms with Crippen LogP contribution in [0.5, 0.6) is 0 Å². The Balaban J connectivity index is 2.98. The van der Waals surface area contributed by atoms with E-state index in [1.54, 1.807) is 13.8 Å². The van der Waals surface area contributed by atoms with Crippen molar-refractivity contribution in [2.45, 2.75) is 13.8 Å². The molecule has 14 heteroatoms. The third-order valence-corrected chi connectivity index (χ3v) is 7.64. The Hall–Kier alpha value is -1.94. The summed E-state index contributed by atoms with van der Waals surface area (Å²) in [7, 11) is -2.54. The highest BCUT2D eigenvalue weighted by atomic mass is 31.2. The first-order valence-electron chi connectivity index (χ1n) is 9.03. The molecule has 1 N–H and O–H groups in total. The molecule has 0 fully saturated rings. The molecule has 0 saturated heterocycles. The van der Waals surface area contributed by atoms with Crippen molar-refractivity contribution in [3.05, 3.63) is 23.8 Å². The zero-order valence-corrected chi connectivity index (χ0v) is 20.1. The number of hydrogen-bond donors (Lipinski definition) is 1. The summed E-state index contributed by atoms with van der Waals surface area (Å²) in [5, 5.41) is 2.52. The standard InChI is InChI=1S/C17H28N2O10P2/c1-7-28-17(21)19(31(23,26-5)27-6)14-8-9-15(13(2)12-14)18-16(20)29-10-11-30(22,24-3)25-4/h8-9,12H,7,10-11H2,1-6H3,(H,18,20). The van der Waals surface area contributed by atoms with Crippen molar-refractivity contribution in [3.63, 3.8) is 0 Å². The number of aryl methyl sites for hydroxylation is 1. The second kappa shape index (κ2) is 12.2. The van der Waals surface area contributed by atoms with Gasteiger partial charge < -0.3 is 18.5 Å². The monoisotopic (exact) mass is 482 g/mol. The summed E-state index contributed by atoms with van der Waals surface area (Å²) in [6, 6.07) is 4.39. The summed E-state index contributed by atoms with van der Waals surface area (Å²) in [6.07, 6.45) is -1.82. The van der Waals surface area contributed by atoms with Gasteiger partial charge in [-0.3, -0.25) is 18.9 Å². The molecule has 12 nitrogen and oxygen atoms in total. The van der Waals surface area contributed by atoms with Crippen LogP contribution in [0, 0.1) is 6.92 Å². The van der Waals surface area contributed by atoms with Crippen molar-refractivity contribution in [3.8, 4) is 0 Å². The molecule has 31 heavy (non-hydrogen) atoms. The van der Waals surface area contributed by atoms with Crippen LogP contribution in [-0.2, 0) is 36.7 Å². The summed E-state index contributed by atoms with van der Waals surface area (Å²) in [5.74, 6) is 0. The fourth-order valence-corrected chi connectivity index (χ4v) is 4.31. The molecule has 0 aliphatic rings. The highest BCUT2D eigenvalue weighted by molar-refractivity contribution is 7.56. The molecule has 0 aromatic heterocycles. The molecule has 1 aromatic rings. The number of carbonyl (C=O) groups excluding carboxylic acids is 2. The van der Waals surface area contributed by atoms with Crippen LogP contribution < -0.4 is 9.99 Å². The maximum atomic E-state index is 12.8. The van der Waals surface area contributed by atoms with Crippen LogP contribution in [0.2, 0.25) is 0 Å². The average molecular weight is 482 g/mol. The van der Waals surface area contributed by atoms with E-state index >= 15 is 0 Å². The van der Waals surface area contributed by atoms with Crippen molar-refractivity contribution >= 4 is 38.9 Å². The summed E-state index contributed by atoms with van der Waals surface area (Å²) in [6.45, 7) is 3.11. The highest BCUT2D eigenvalue weighted by Crippen LogP contribution is 2.53. The number of nitrogens with zero attached hydrogens (tertiary/aromatic N) is 1. The molecule has 0 aliphatic heterocycles. The molecular formula is C17H28N2O10P2. The smallest absolute Gasteiger partial charge is 0.444 e. The fraction of sp³-hybridized carbons (Fsp3) is 0.529. The van der Waals surface area contributed by atoms with Crippen LogP contribution in [0.25, 0.3) is 0 Å². The number of amides is 2. The van der Waals surface area contributed by atoms with Crippen molar-refractivity contribution in [1.82, 2.24) is 0 Å². The Bertz CT molecular complexity index is 847. The van der Waals surface area contributed by atoms with Gasteiger partial charge in [-0.1, -0.05) is 0 Å². The maximum Gasteiger partial charge on any atom is 0.444 e. The first-order valence-corrected chi connectivity index (χ1v) is 12.3. The van der Waals surface area contributed by atoms with E-state index in [1.807, 2.05) is 0 Å². The lowest BCUT2D eigenvalue weighted by atomic mass is 10.2. The van der Waals surface area contributed by atoms with Gasteiger partial charge in [-0.25, -0.2) is 14.2 Å². The Morgan fingerprint density at radius 2 is 1.61 bits per heavy atom. The average Bonchev–Trinajstić information content (AvgIpc) is 2.75. The van der Waals surface area contributed by atoms with Gasteiger partial charge >= 0.3 is 27.5 Å². The Morgan fingerprint density at radius 3 is 2.10 bits per heavy atom. The normalized spacial score (nSPS) is 11.7. The number of anilines is 2. The van der Waals surface area contributed by atoms with Gasteiger partial charge in [-0.2, -0.15) is 4.67 Å². The Labute approximate surface area is 181 Å². The molecule has 0 saturated carbocycles. The minimum absolute atomic E-state index is 0.0479. The summed E-state index contributed by atoms with van der Waals surface area (Å²) in [4.78, 5) is 24.4. The maximum absolute atomic E-state index is 12.8. The summed E-state index contributed by atoms with van der Waals surface area (Å²) < 4.78 is 54.9. The molecule has 2 amide bonds. The third-order valence-electron chi connectivity index (χ3n) is 3.99. The lowest BCUT2D eigenvalue weighted by Gasteiger charge is -2.27. The second-order valence-electron chi connectivity index (χ2n) is 5.80. The van der Waals surface area contributed by atoms with E-state index in [0.29, 0.717) is 11.3 Å². The first kappa shape index (κ1) is 27.1. The molecule has 0 radical (unpaired) electrons. The van der Waals surface area contributed by atoms with Crippen molar-refractivity contribution in [2.75, 3.05) is 57.8 Å². The molecule has 1 aromatic carbocycles.